The van der Waals surface area contributed by atoms with Crippen LogP contribution in [0.2, 0.25) is 0 Å². The molecule has 3 N–H and O–H groups in total. The Morgan fingerprint density at radius 2 is 1.45 bits per heavy atom. The molecule has 1 rings (SSSR count). The van der Waals surface area contributed by atoms with Gasteiger partial charge in [-0.25, -0.2) is 0 Å². The second-order valence-corrected chi connectivity index (χ2v) is 8.39. The lowest BCUT2D eigenvalue weighted by atomic mass is 10.1. The summed E-state index contributed by atoms with van der Waals surface area (Å²) in [6, 6.07) is 0. The SMILES string of the molecule is CCCCCCCCCCCC/C=C/CCCCO[C@@H]1CO[C@@H]([C@@H](O)CO)[C@H]1O. The number of rotatable bonds is 19. The Morgan fingerprint density at radius 1 is 0.897 bits per heavy atom. The molecule has 29 heavy (non-hydrogen) atoms. The van der Waals surface area contributed by atoms with Crippen LogP contribution in [0.15, 0.2) is 12.2 Å². The number of hydrogen-bond acceptors (Lipinski definition) is 5. The van der Waals surface area contributed by atoms with Crippen molar-refractivity contribution in [1.82, 2.24) is 0 Å². The van der Waals surface area contributed by atoms with Crippen LogP contribution in [0.4, 0.5) is 0 Å². The van der Waals surface area contributed by atoms with E-state index in [9.17, 15) is 10.2 Å². The quantitative estimate of drug-likeness (QED) is 0.214. The van der Waals surface area contributed by atoms with Gasteiger partial charge in [0, 0.05) is 6.61 Å². The van der Waals surface area contributed by atoms with E-state index in [1.54, 1.807) is 0 Å². The van der Waals surface area contributed by atoms with Crippen molar-refractivity contribution in [2.45, 2.75) is 121 Å². The summed E-state index contributed by atoms with van der Waals surface area (Å²) in [4.78, 5) is 0. The zero-order valence-corrected chi connectivity index (χ0v) is 18.6. The van der Waals surface area contributed by atoms with Gasteiger partial charge in [0.05, 0.1) is 13.2 Å². The fourth-order valence-electron chi connectivity index (χ4n) is 3.79. The Bertz CT molecular complexity index is 387. The van der Waals surface area contributed by atoms with Gasteiger partial charge in [0.2, 0.25) is 0 Å². The van der Waals surface area contributed by atoms with Gasteiger partial charge in [0.1, 0.15) is 24.4 Å². The third-order valence-electron chi connectivity index (χ3n) is 5.72. The second kappa shape index (κ2) is 18.3. The molecule has 0 aromatic rings. The smallest absolute Gasteiger partial charge is 0.114 e. The molecule has 0 saturated carbocycles. The number of aliphatic hydroxyl groups excluding tert-OH is 3. The summed E-state index contributed by atoms with van der Waals surface area (Å²) < 4.78 is 11.0. The van der Waals surface area contributed by atoms with Crippen LogP contribution in [0.25, 0.3) is 0 Å². The number of unbranched alkanes of at least 4 members (excludes halogenated alkanes) is 12. The highest BCUT2D eigenvalue weighted by molar-refractivity contribution is 4.88. The Kier molecular flexibility index (Phi) is 16.8. The van der Waals surface area contributed by atoms with E-state index in [4.69, 9.17) is 14.6 Å². The van der Waals surface area contributed by atoms with Gasteiger partial charge in [-0.3, -0.25) is 0 Å². The molecule has 1 aliphatic heterocycles. The van der Waals surface area contributed by atoms with Gasteiger partial charge in [0.15, 0.2) is 0 Å². The lowest BCUT2D eigenvalue weighted by molar-refractivity contribution is -0.0730. The molecule has 4 atom stereocenters. The van der Waals surface area contributed by atoms with Crippen LogP contribution in [0.5, 0.6) is 0 Å². The van der Waals surface area contributed by atoms with E-state index in [-0.39, 0.29) is 6.61 Å². The predicted molar refractivity (Wildman–Crippen MR) is 118 cm³/mol. The first kappa shape index (κ1) is 26.6. The summed E-state index contributed by atoms with van der Waals surface area (Å²) >= 11 is 0. The summed E-state index contributed by atoms with van der Waals surface area (Å²) in [5.74, 6) is 0. The van der Waals surface area contributed by atoms with Crippen LogP contribution in [-0.4, -0.2) is 59.6 Å². The lowest BCUT2D eigenvalue weighted by Gasteiger charge is -2.20. The molecule has 0 spiro atoms. The largest absolute Gasteiger partial charge is 0.394 e. The molecule has 172 valence electrons. The van der Waals surface area contributed by atoms with Crippen LogP contribution in [-0.2, 0) is 9.47 Å². The molecule has 0 bridgehead atoms. The molecule has 0 aromatic carbocycles. The first-order chi connectivity index (χ1) is 14.2. The van der Waals surface area contributed by atoms with Gasteiger partial charge in [-0.2, -0.15) is 0 Å². The molecular weight excluding hydrogens is 368 g/mol. The van der Waals surface area contributed by atoms with Crippen LogP contribution in [0.1, 0.15) is 96.8 Å². The standard InChI is InChI=1S/C24H46O5/c1-2-3-4-5-6-7-8-9-10-11-12-13-14-15-16-17-18-28-22-20-29-24(23(22)27)21(26)19-25/h13-14,21-27H,2-12,15-20H2,1H3/b14-13+/t21-,22+,23-,24-/m0/s1. The van der Waals surface area contributed by atoms with E-state index in [0.717, 1.165) is 19.3 Å². The predicted octanol–water partition coefficient (Wildman–Crippen LogP) is 4.52. The van der Waals surface area contributed by atoms with E-state index in [1.165, 1.54) is 70.6 Å². The summed E-state index contributed by atoms with van der Waals surface area (Å²) in [5.41, 5.74) is 0. The lowest BCUT2D eigenvalue weighted by Crippen LogP contribution is -2.41. The first-order valence-corrected chi connectivity index (χ1v) is 12.1. The van der Waals surface area contributed by atoms with Crippen molar-refractivity contribution >= 4 is 0 Å². The van der Waals surface area contributed by atoms with Crippen molar-refractivity contribution in [2.24, 2.45) is 0 Å². The van der Waals surface area contributed by atoms with E-state index < -0.39 is 31.0 Å². The molecule has 1 saturated heterocycles. The van der Waals surface area contributed by atoms with Crippen LogP contribution in [0.3, 0.4) is 0 Å². The highest BCUT2D eigenvalue weighted by atomic mass is 16.6. The van der Waals surface area contributed by atoms with Crippen molar-refractivity contribution in [3.63, 3.8) is 0 Å². The Morgan fingerprint density at radius 3 is 2.03 bits per heavy atom. The third kappa shape index (κ3) is 12.7. The van der Waals surface area contributed by atoms with Crippen molar-refractivity contribution in [3.8, 4) is 0 Å². The Labute approximate surface area is 178 Å². The maximum Gasteiger partial charge on any atom is 0.114 e. The highest BCUT2D eigenvalue weighted by Gasteiger charge is 2.40. The number of aliphatic hydroxyl groups is 3. The van der Waals surface area contributed by atoms with Gasteiger partial charge in [-0.05, 0) is 32.1 Å². The Hall–Kier alpha value is -0.460. The molecular formula is C24H46O5. The van der Waals surface area contributed by atoms with Gasteiger partial charge >= 0.3 is 0 Å². The summed E-state index contributed by atoms with van der Waals surface area (Å²) in [7, 11) is 0. The molecule has 0 amide bonds. The van der Waals surface area contributed by atoms with E-state index in [1.807, 2.05) is 0 Å². The van der Waals surface area contributed by atoms with Crippen molar-refractivity contribution in [3.05, 3.63) is 12.2 Å². The van der Waals surface area contributed by atoms with Crippen LogP contribution >= 0.6 is 0 Å². The van der Waals surface area contributed by atoms with E-state index >= 15 is 0 Å². The van der Waals surface area contributed by atoms with E-state index in [2.05, 4.69) is 19.1 Å². The monoisotopic (exact) mass is 414 g/mol. The van der Waals surface area contributed by atoms with Crippen molar-refractivity contribution < 1.29 is 24.8 Å². The normalized spacial score (nSPS) is 23.2. The second-order valence-electron chi connectivity index (χ2n) is 8.39. The molecule has 0 aliphatic carbocycles. The van der Waals surface area contributed by atoms with Crippen molar-refractivity contribution in [1.29, 1.82) is 0 Å². The average molecular weight is 415 g/mol. The minimum absolute atomic E-state index is 0.266. The molecule has 1 aliphatic rings. The third-order valence-corrected chi connectivity index (χ3v) is 5.72. The molecule has 0 radical (unpaired) electrons. The maximum atomic E-state index is 10.1. The van der Waals surface area contributed by atoms with Gasteiger partial charge in [-0.1, -0.05) is 76.9 Å². The average Bonchev–Trinajstić information content (AvgIpc) is 3.10. The minimum Gasteiger partial charge on any atom is -0.394 e. The fourth-order valence-corrected chi connectivity index (χ4v) is 3.79. The first-order valence-electron chi connectivity index (χ1n) is 12.1. The molecule has 1 fully saturated rings. The fraction of sp³-hybridized carbons (Fsp3) is 0.917. The summed E-state index contributed by atoms with van der Waals surface area (Å²) in [6.45, 7) is 2.70. The zero-order chi connectivity index (χ0) is 21.2. The zero-order valence-electron chi connectivity index (χ0n) is 18.6. The van der Waals surface area contributed by atoms with Crippen molar-refractivity contribution in [2.75, 3.05) is 19.8 Å². The topological polar surface area (TPSA) is 79.2 Å². The number of ether oxygens (including phenoxy) is 2. The maximum absolute atomic E-state index is 10.1. The molecule has 0 aromatic heterocycles. The molecule has 5 nitrogen and oxygen atoms in total. The van der Waals surface area contributed by atoms with Gasteiger partial charge in [0.25, 0.3) is 0 Å². The molecule has 5 heteroatoms. The Balaban J connectivity index is 1.84. The number of hydrogen-bond donors (Lipinski definition) is 3. The summed E-state index contributed by atoms with van der Waals surface area (Å²) in [5, 5.41) is 28.6. The van der Waals surface area contributed by atoms with Crippen LogP contribution in [0, 0.1) is 0 Å². The minimum atomic E-state index is -1.06. The molecule has 1 heterocycles. The van der Waals surface area contributed by atoms with Crippen LogP contribution < -0.4 is 0 Å². The van der Waals surface area contributed by atoms with Gasteiger partial charge < -0.3 is 24.8 Å². The summed E-state index contributed by atoms with van der Waals surface area (Å²) in [6.07, 6.45) is 19.6. The molecule has 0 unspecified atom stereocenters. The van der Waals surface area contributed by atoms with E-state index in [0.29, 0.717) is 6.61 Å². The highest BCUT2D eigenvalue weighted by Crippen LogP contribution is 2.20. The number of allylic oxidation sites excluding steroid dienone is 2. The van der Waals surface area contributed by atoms with Gasteiger partial charge in [-0.15, -0.1) is 0 Å².